The van der Waals surface area contributed by atoms with E-state index in [0.717, 1.165) is 55.5 Å². The molecule has 0 bridgehead atoms. The number of pyridine rings is 1. The van der Waals surface area contributed by atoms with Gasteiger partial charge in [0.15, 0.2) is 5.78 Å². The first kappa shape index (κ1) is 38.3. The molecule has 0 fully saturated rings. The molecule has 4 aromatic carbocycles. The molecule has 0 aliphatic heterocycles. The fourth-order valence-corrected chi connectivity index (χ4v) is 7.10. The molecule has 9 heteroatoms. The largest absolute Gasteiger partial charge is 0.507 e. The lowest BCUT2D eigenvalue weighted by molar-refractivity contribution is 0.104. The molecule has 0 radical (unpaired) electrons. The minimum atomic E-state index is -0.150. The number of nitrogens with zero attached hydrogens (tertiary/aromatic N) is 1. The van der Waals surface area contributed by atoms with Gasteiger partial charge in [-0.3, -0.25) is 4.79 Å². The summed E-state index contributed by atoms with van der Waals surface area (Å²) in [5.74, 6) is 0.411. The van der Waals surface area contributed by atoms with Crippen molar-refractivity contribution in [3.63, 3.8) is 0 Å². The van der Waals surface area contributed by atoms with Gasteiger partial charge in [0, 0.05) is 39.8 Å². The molecule has 0 saturated heterocycles. The van der Waals surface area contributed by atoms with Gasteiger partial charge in [-0.05, 0) is 60.4 Å². The Bertz CT molecular complexity index is 1990. The topological polar surface area (TPSA) is 83.5 Å². The van der Waals surface area contributed by atoms with Gasteiger partial charge in [-0.15, -0.1) is 0 Å². The van der Waals surface area contributed by atoms with Crippen molar-refractivity contribution in [2.45, 2.75) is 79.1 Å². The number of hydrogen-bond donors (Lipinski definition) is 3. The predicted octanol–water partition coefficient (Wildman–Crippen LogP) is 13.5. The average molecular weight is 747 g/mol. The Morgan fingerprint density at radius 2 is 1.45 bits per heavy atom. The van der Waals surface area contributed by atoms with Crippen LogP contribution in [0.15, 0.2) is 66.7 Å². The number of benzene rings is 4. The van der Waals surface area contributed by atoms with Crippen molar-refractivity contribution < 1.29 is 14.6 Å². The lowest BCUT2D eigenvalue weighted by Crippen LogP contribution is -2.14. The minimum Gasteiger partial charge on any atom is -0.507 e. The second-order valence-electron chi connectivity index (χ2n) is 12.4. The number of aromatic nitrogens is 1. The zero-order valence-corrected chi connectivity index (χ0v) is 32.0. The summed E-state index contributed by atoms with van der Waals surface area (Å²) in [5.41, 5.74) is 5.92. The van der Waals surface area contributed by atoms with E-state index in [1.54, 1.807) is 18.2 Å². The monoisotopic (exact) mass is 745 g/mol. The number of phenolic OH excluding ortho intramolecular Hbond substituents is 1. The Hall–Kier alpha value is -3.97. The number of ether oxygens (including phenoxy) is 1. The van der Waals surface area contributed by atoms with E-state index in [1.165, 1.54) is 19.3 Å². The van der Waals surface area contributed by atoms with Crippen LogP contribution in [0.3, 0.4) is 0 Å². The third kappa shape index (κ3) is 8.57. The van der Waals surface area contributed by atoms with Crippen LogP contribution in [-0.4, -0.2) is 29.0 Å². The van der Waals surface area contributed by atoms with E-state index in [0.29, 0.717) is 72.1 Å². The molecular weight excluding hydrogens is 701 g/mol. The molecule has 51 heavy (non-hydrogen) atoms. The normalized spacial score (nSPS) is 11.5. The summed E-state index contributed by atoms with van der Waals surface area (Å²) in [6.07, 6.45) is 8.79. The van der Waals surface area contributed by atoms with Crippen molar-refractivity contribution in [3.05, 3.63) is 92.9 Å². The Morgan fingerprint density at radius 3 is 2.18 bits per heavy atom. The van der Waals surface area contributed by atoms with Gasteiger partial charge in [0.05, 0.1) is 39.3 Å². The number of unbranched alkanes of at least 4 members (excludes halogenated alkanes) is 6. The Balaban J connectivity index is 0.00000248. The van der Waals surface area contributed by atoms with Gasteiger partial charge in [-0.2, -0.15) is 0 Å². The molecule has 1 aliphatic carbocycles. The molecule has 0 spiro atoms. The Morgan fingerprint density at radius 1 is 0.765 bits per heavy atom. The summed E-state index contributed by atoms with van der Waals surface area (Å²) in [6.45, 7) is 9.63. The van der Waals surface area contributed by atoms with Crippen LogP contribution < -0.4 is 15.4 Å². The van der Waals surface area contributed by atoms with E-state index in [4.69, 9.17) is 44.5 Å². The summed E-state index contributed by atoms with van der Waals surface area (Å²) < 4.78 is 6.51. The average Bonchev–Trinajstić information content (AvgIpc) is 3.13. The molecule has 6 nitrogen and oxygen atoms in total. The number of carbonyl (C=O) groups is 1. The molecule has 0 atom stereocenters. The molecule has 1 aromatic heterocycles. The molecule has 5 aromatic rings. The number of ketones is 1. The zero-order valence-electron chi connectivity index (χ0n) is 29.8. The number of fused-ring (bicyclic) bond motifs is 2. The lowest BCUT2D eigenvalue weighted by atomic mass is 9.82. The van der Waals surface area contributed by atoms with E-state index in [-0.39, 0.29) is 11.5 Å². The highest BCUT2D eigenvalue weighted by Crippen LogP contribution is 2.48. The number of anilines is 3. The Labute approximate surface area is 316 Å². The van der Waals surface area contributed by atoms with Crippen molar-refractivity contribution >= 4 is 68.6 Å². The number of aromatic hydroxyl groups is 1. The minimum absolute atomic E-state index is 0.0496. The number of rotatable bonds is 15. The molecule has 6 rings (SSSR count). The second-order valence-corrected chi connectivity index (χ2v) is 13.7. The first-order chi connectivity index (χ1) is 24.8. The quantitative estimate of drug-likeness (QED) is 0.0908. The number of carbonyl (C=O) groups excluding carboxylic acids is 1. The van der Waals surface area contributed by atoms with Crippen molar-refractivity contribution in [1.82, 2.24) is 4.98 Å². The van der Waals surface area contributed by atoms with Crippen LogP contribution in [0.1, 0.15) is 95.0 Å². The van der Waals surface area contributed by atoms with Crippen LogP contribution in [-0.2, 0) is 0 Å². The molecule has 1 heterocycles. The van der Waals surface area contributed by atoms with Crippen LogP contribution in [0.5, 0.6) is 11.5 Å². The standard InChI is InChI=1S/C40H40Cl3N3O3.C2H6/c1-3-5-7-8-9-12-18-49-35-23-33(46-38-30(42)20-25(21-31(38)43)44-17-6-4-2)37-36-28(26-13-10-11-14-27(26)40(37)48)22-32(45-39(35)36)29-19-24(41)15-16-34(29)47;1-2/h10-11,13-16,19-23,44,46-47H,3-9,12,17-18H2,1-2H3;1-2H3. The van der Waals surface area contributed by atoms with Gasteiger partial charge in [-0.25, -0.2) is 4.98 Å². The summed E-state index contributed by atoms with van der Waals surface area (Å²) in [5, 5.41) is 19.6. The van der Waals surface area contributed by atoms with Crippen LogP contribution in [0.2, 0.25) is 15.1 Å². The van der Waals surface area contributed by atoms with Crippen LogP contribution in [0.25, 0.3) is 33.3 Å². The molecule has 1 aliphatic rings. The molecule has 0 amide bonds. The van der Waals surface area contributed by atoms with Gasteiger partial charge >= 0.3 is 0 Å². The third-order valence-electron chi connectivity index (χ3n) is 8.89. The van der Waals surface area contributed by atoms with E-state index >= 15 is 0 Å². The van der Waals surface area contributed by atoms with Gasteiger partial charge in [0.2, 0.25) is 0 Å². The lowest BCUT2D eigenvalue weighted by Gasteiger charge is -2.25. The smallest absolute Gasteiger partial charge is 0.196 e. The maximum atomic E-state index is 14.4. The highest BCUT2D eigenvalue weighted by atomic mass is 35.5. The van der Waals surface area contributed by atoms with Crippen molar-refractivity contribution in [3.8, 4) is 33.9 Å². The molecular formula is C42H46Cl3N3O3. The fraction of sp³-hybridized carbons (Fsp3) is 0.333. The highest BCUT2D eigenvalue weighted by molar-refractivity contribution is 6.40. The van der Waals surface area contributed by atoms with E-state index in [1.807, 2.05) is 62.4 Å². The number of hydrogen-bond acceptors (Lipinski definition) is 6. The molecule has 268 valence electrons. The van der Waals surface area contributed by atoms with Crippen LogP contribution in [0, 0.1) is 0 Å². The predicted molar refractivity (Wildman–Crippen MR) is 216 cm³/mol. The van der Waals surface area contributed by atoms with Gasteiger partial charge in [0.1, 0.15) is 17.0 Å². The van der Waals surface area contributed by atoms with Crippen molar-refractivity contribution in [2.24, 2.45) is 0 Å². The first-order valence-electron chi connectivity index (χ1n) is 18.1. The van der Waals surface area contributed by atoms with Crippen LogP contribution in [0.4, 0.5) is 17.1 Å². The van der Waals surface area contributed by atoms with E-state index in [9.17, 15) is 9.90 Å². The number of halogens is 3. The summed E-state index contributed by atoms with van der Waals surface area (Å²) in [4.78, 5) is 19.4. The van der Waals surface area contributed by atoms with Gasteiger partial charge in [-0.1, -0.05) is 125 Å². The molecule has 0 saturated carbocycles. The van der Waals surface area contributed by atoms with Gasteiger partial charge < -0.3 is 20.5 Å². The Kier molecular flexibility index (Phi) is 13.5. The maximum absolute atomic E-state index is 14.4. The van der Waals surface area contributed by atoms with Gasteiger partial charge in [0.25, 0.3) is 0 Å². The first-order valence-corrected chi connectivity index (χ1v) is 19.2. The third-order valence-corrected chi connectivity index (χ3v) is 9.72. The van der Waals surface area contributed by atoms with Crippen molar-refractivity contribution in [1.29, 1.82) is 0 Å². The van der Waals surface area contributed by atoms with E-state index < -0.39 is 0 Å². The molecule has 3 N–H and O–H groups in total. The van der Waals surface area contributed by atoms with Crippen LogP contribution >= 0.6 is 34.8 Å². The number of nitrogens with one attached hydrogen (secondary N) is 2. The highest BCUT2D eigenvalue weighted by Gasteiger charge is 2.31. The fourth-order valence-electron chi connectivity index (χ4n) is 6.34. The molecule has 0 unspecified atom stereocenters. The summed E-state index contributed by atoms with van der Waals surface area (Å²) in [7, 11) is 0. The second kappa shape index (κ2) is 18.0. The van der Waals surface area contributed by atoms with E-state index in [2.05, 4.69) is 24.5 Å². The number of phenols is 1. The zero-order chi connectivity index (χ0) is 36.5. The summed E-state index contributed by atoms with van der Waals surface area (Å²) >= 11 is 20.0. The summed E-state index contributed by atoms with van der Waals surface area (Å²) in [6, 6.07) is 19.8. The van der Waals surface area contributed by atoms with Crippen molar-refractivity contribution in [2.75, 3.05) is 23.8 Å². The maximum Gasteiger partial charge on any atom is 0.196 e. The SMILES string of the molecule is CC.CCCCCCCCOc1cc(Nc2c(Cl)cc(NCCCC)cc2Cl)c2c3c(cc(-c4cc(Cl)ccc4O)nc13)-c1ccccc1C2=O.